The van der Waals surface area contributed by atoms with Crippen molar-refractivity contribution in [2.24, 2.45) is 0 Å². The van der Waals surface area contributed by atoms with Gasteiger partial charge in [-0.25, -0.2) is 0 Å². The predicted octanol–water partition coefficient (Wildman–Crippen LogP) is 0.655. The average Bonchev–Trinajstić information content (AvgIpc) is 2.64. The molecule has 0 saturated carbocycles. The fourth-order valence-electron chi connectivity index (χ4n) is 2.38. The third-order valence-corrected chi connectivity index (χ3v) is 3.40. The second kappa shape index (κ2) is 5.58. The molecule has 1 aromatic rings. The van der Waals surface area contributed by atoms with Crippen molar-refractivity contribution in [2.45, 2.75) is 33.4 Å². The summed E-state index contributed by atoms with van der Waals surface area (Å²) < 4.78 is 6.78. The summed E-state index contributed by atoms with van der Waals surface area (Å²) in [5.74, 6) is -0.0966. The molecule has 0 aliphatic carbocycles. The molecule has 1 atom stereocenters. The molecule has 110 valence electrons. The maximum atomic E-state index is 12.2. The number of nitro groups is 1. The lowest BCUT2D eigenvalue weighted by molar-refractivity contribution is -0.386. The first-order valence-electron chi connectivity index (χ1n) is 6.48. The summed E-state index contributed by atoms with van der Waals surface area (Å²) in [6.07, 6.45) is 0.0162. The summed E-state index contributed by atoms with van der Waals surface area (Å²) in [4.78, 5) is 24.4. The molecule has 1 amide bonds. The third-order valence-electron chi connectivity index (χ3n) is 3.40. The van der Waals surface area contributed by atoms with E-state index in [1.54, 1.807) is 18.7 Å². The minimum atomic E-state index is -0.463. The molecule has 2 rings (SSSR count). The normalized spacial score (nSPS) is 19.1. The van der Waals surface area contributed by atoms with Crippen LogP contribution in [-0.2, 0) is 16.1 Å². The number of aromatic nitrogens is 2. The monoisotopic (exact) mass is 282 g/mol. The summed E-state index contributed by atoms with van der Waals surface area (Å²) in [5, 5.41) is 15.0. The van der Waals surface area contributed by atoms with Crippen molar-refractivity contribution >= 4 is 11.6 Å². The minimum absolute atomic E-state index is 0.0162. The van der Waals surface area contributed by atoms with Gasteiger partial charge in [-0.1, -0.05) is 0 Å². The maximum Gasteiger partial charge on any atom is 0.312 e. The number of morpholine rings is 1. The zero-order chi connectivity index (χ0) is 14.9. The Balaban J connectivity index is 2.12. The maximum absolute atomic E-state index is 12.2. The molecular weight excluding hydrogens is 264 g/mol. The predicted molar refractivity (Wildman–Crippen MR) is 70.3 cm³/mol. The molecule has 0 spiro atoms. The van der Waals surface area contributed by atoms with Gasteiger partial charge in [-0.3, -0.25) is 19.6 Å². The molecular formula is C12H18N4O4. The number of hydrogen-bond donors (Lipinski definition) is 0. The highest BCUT2D eigenvalue weighted by atomic mass is 16.6. The lowest BCUT2D eigenvalue weighted by atomic mass is 10.3. The van der Waals surface area contributed by atoms with Crippen LogP contribution in [0.1, 0.15) is 18.3 Å². The first-order chi connectivity index (χ1) is 9.40. The van der Waals surface area contributed by atoms with Gasteiger partial charge in [0, 0.05) is 13.1 Å². The molecule has 20 heavy (non-hydrogen) atoms. The van der Waals surface area contributed by atoms with Crippen LogP contribution in [0.3, 0.4) is 0 Å². The highest BCUT2D eigenvalue weighted by Gasteiger charge is 2.26. The number of amides is 1. The van der Waals surface area contributed by atoms with Crippen LogP contribution in [0, 0.1) is 24.0 Å². The van der Waals surface area contributed by atoms with Gasteiger partial charge in [-0.15, -0.1) is 0 Å². The van der Waals surface area contributed by atoms with Gasteiger partial charge >= 0.3 is 5.69 Å². The number of nitrogens with zero attached hydrogens (tertiary/aromatic N) is 4. The minimum Gasteiger partial charge on any atom is -0.375 e. The molecule has 1 fully saturated rings. The average molecular weight is 282 g/mol. The number of carbonyl (C=O) groups excluding carboxylic acids is 1. The number of ether oxygens (including phenoxy) is 1. The quantitative estimate of drug-likeness (QED) is 0.600. The summed E-state index contributed by atoms with van der Waals surface area (Å²) in [7, 11) is 0. The van der Waals surface area contributed by atoms with E-state index in [2.05, 4.69) is 5.10 Å². The molecule has 2 heterocycles. The van der Waals surface area contributed by atoms with E-state index in [4.69, 9.17) is 4.74 Å². The Labute approximate surface area is 116 Å². The lowest BCUT2D eigenvalue weighted by Crippen LogP contribution is -2.45. The van der Waals surface area contributed by atoms with E-state index in [0.717, 1.165) is 0 Å². The van der Waals surface area contributed by atoms with Gasteiger partial charge in [-0.05, 0) is 20.8 Å². The molecule has 0 aromatic carbocycles. The van der Waals surface area contributed by atoms with E-state index in [-0.39, 0.29) is 24.2 Å². The Morgan fingerprint density at radius 1 is 1.55 bits per heavy atom. The molecule has 1 aliphatic rings. The summed E-state index contributed by atoms with van der Waals surface area (Å²) in [5.41, 5.74) is 0.714. The third kappa shape index (κ3) is 2.79. The first-order valence-corrected chi connectivity index (χ1v) is 6.48. The van der Waals surface area contributed by atoms with Crippen molar-refractivity contribution in [1.82, 2.24) is 14.7 Å². The van der Waals surface area contributed by atoms with Gasteiger partial charge in [0.05, 0.1) is 17.6 Å². The Morgan fingerprint density at radius 2 is 2.25 bits per heavy atom. The zero-order valence-corrected chi connectivity index (χ0v) is 11.8. The van der Waals surface area contributed by atoms with E-state index >= 15 is 0 Å². The molecule has 0 N–H and O–H groups in total. The Morgan fingerprint density at radius 3 is 2.80 bits per heavy atom. The molecule has 8 heteroatoms. The Kier molecular flexibility index (Phi) is 4.03. The van der Waals surface area contributed by atoms with Gasteiger partial charge in [-0.2, -0.15) is 5.10 Å². The standard InChI is InChI=1S/C12H18N4O4/c1-8-6-14(4-5-20-8)11(17)7-15-10(3)12(16(18)19)9(2)13-15/h8H,4-7H2,1-3H3. The van der Waals surface area contributed by atoms with Crippen molar-refractivity contribution < 1.29 is 14.5 Å². The smallest absolute Gasteiger partial charge is 0.312 e. The fourth-order valence-corrected chi connectivity index (χ4v) is 2.38. The number of aryl methyl sites for hydroxylation is 1. The summed E-state index contributed by atoms with van der Waals surface area (Å²) >= 11 is 0. The van der Waals surface area contributed by atoms with Crippen molar-refractivity contribution in [1.29, 1.82) is 0 Å². The fraction of sp³-hybridized carbons (Fsp3) is 0.667. The van der Waals surface area contributed by atoms with Crippen LogP contribution in [0.4, 0.5) is 5.69 Å². The Hall–Kier alpha value is -1.96. The number of rotatable bonds is 3. The molecule has 0 bridgehead atoms. The van der Waals surface area contributed by atoms with Crippen LogP contribution < -0.4 is 0 Å². The van der Waals surface area contributed by atoms with Gasteiger partial charge in [0.1, 0.15) is 17.9 Å². The van der Waals surface area contributed by atoms with Gasteiger partial charge in [0.25, 0.3) is 0 Å². The second-order valence-electron chi connectivity index (χ2n) is 4.96. The molecule has 8 nitrogen and oxygen atoms in total. The highest BCUT2D eigenvalue weighted by molar-refractivity contribution is 5.76. The van der Waals surface area contributed by atoms with Gasteiger partial charge < -0.3 is 9.64 Å². The molecule has 1 saturated heterocycles. The topological polar surface area (TPSA) is 90.5 Å². The SMILES string of the molecule is Cc1nn(CC(=O)N2CCOC(C)C2)c(C)c1[N+](=O)[O-]. The first kappa shape index (κ1) is 14.4. The lowest BCUT2D eigenvalue weighted by Gasteiger charge is -2.31. The van der Waals surface area contributed by atoms with Crippen molar-refractivity contribution in [3.05, 3.63) is 21.5 Å². The van der Waals surface area contributed by atoms with Crippen LogP contribution in [0.25, 0.3) is 0 Å². The van der Waals surface area contributed by atoms with Crippen molar-refractivity contribution in [3.63, 3.8) is 0 Å². The van der Waals surface area contributed by atoms with Crippen LogP contribution in [0.15, 0.2) is 0 Å². The summed E-state index contributed by atoms with van der Waals surface area (Å²) in [6.45, 7) is 6.71. The molecule has 0 radical (unpaired) electrons. The van der Waals surface area contributed by atoms with E-state index in [1.807, 2.05) is 6.92 Å². The molecule has 1 aliphatic heterocycles. The number of carbonyl (C=O) groups is 1. The van der Waals surface area contributed by atoms with E-state index in [1.165, 1.54) is 4.68 Å². The van der Waals surface area contributed by atoms with Crippen LogP contribution >= 0.6 is 0 Å². The van der Waals surface area contributed by atoms with Crippen molar-refractivity contribution in [3.8, 4) is 0 Å². The van der Waals surface area contributed by atoms with E-state index in [0.29, 0.717) is 31.1 Å². The number of hydrogen-bond acceptors (Lipinski definition) is 5. The van der Waals surface area contributed by atoms with Crippen molar-refractivity contribution in [2.75, 3.05) is 19.7 Å². The largest absolute Gasteiger partial charge is 0.375 e. The molecule has 1 unspecified atom stereocenters. The Bertz CT molecular complexity index is 540. The highest BCUT2D eigenvalue weighted by Crippen LogP contribution is 2.21. The van der Waals surface area contributed by atoms with Gasteiger partial charge in [0.15, 0.2) is 0 Å². The second-order valence-corrected chi connectivity index (χ2v) is 4.96. The van der Waals surface area contributed by atoms with Crippen LogP contribution in [0.5, 0.6) is 0 Å². The van der Waals surface area contributed by atoms with E-state index in [9.17, 15) is 14.9 Å². The van der Waals surface area contributed by atoms with E-state index < -0.39 is 4.92 Å². The van der Waals surface area contributed by atoms with Gasteiger partial charge in [0.2, 0.25) is 5.91 Å². The van der Waals surface area contributed by atoms with Crippen LogP contribution in [0.2, 0.25) is 0 Å². The zero-order valence-electron chi connectivity index (χ0n) is 11.8. The molecule has 1 aromatic heterocycles. The van der Waals surface area contributed by atoms with Crippen LogP contribution in [-0.4, -0.2) is 51.3 Å². The summed E-state index contributed by atoms with van der Waals surface area (Å²) in [6, 6.07) is 0.